The van der Waals surface area contributed by atoms with Gasteiger partial charge in [-0.1, -0.05) is 0 Å². The first-order valence-electron chi connectivity index (χ1n) is 5.60. The summed E-state index contributed by atoms with van der Waals surface area (Å²) in [5.41, 5.74) is 1.79. The number of benzene rings is 1. The smallest absolute Gasteiger partial charge is 0.271 e. The van der Waals surface area contributed by atoms with E-state index in [2.05, 4.69) is 24.4 Å². The zero-order valence-electron chi connectivity index (χ0n) is 10.3. The molecule has 1 aromatic heterocycles. The molecule has 5 heteroatoms. The molecule has 0 radical (unpaired) electrons. The molecule has 0 aliphatic rings. The quantitative estimate of drug-likeness (QED) is 0.672. The number of nitrogens with one attached hydrogen (secondary N) is 1. The predicted octanol–water partition coefficient (Wildman–Crippen LogP) is 3.89. The average molecular weight is 262 g/mol. The summed E-state index contributed by atoms with van der Waals surface area (Å²) in [6.45, 7) is 4.61. The van der Waals surface area contributed by atoms with Gasteiger partial charge in [0.15, 0.2) is 0 Å². The lowest BCUT2D eigenvalue weighted by atomic mass is 10.2. The van der Waals surface area contributed by atoms with Gasteiger partial charge in [-0.2, -0.15) is 0 Å². The second kappa shape index (κ2) is 5.18. The normalized spacial score (nSPS) is 10.3. The Morgan fingerprint density at radius 1 is 1.28 bits per heavy atom. The van der Waals surface area contributed by atoms with E-state index in [1.165, 1.54) is 9.75 Å². The van der Waals surface area contributed by atoms with E-state index in [4.69, 9.17) is 0 Å². The van der Waals surface area contributed by atoms with E-state index in [0.29, 0.717) is 6.54 Å². The standard InChI is InChI=1S/C13H14N2O2S/c1-9-5-11(7-12(6-9)15(16)17)14-8-13-4-3-10(2)18-13/h3-7,14H,8H2,1-2H3. The van der Waals surface area contributed by atoms with Crippen LogP contribution in [0.15, 0.2) is 30.3 Å². The Balaban J connectivity index is 2.11. The largest absolute Gasteiger partial charge is 0.380 e. The lowest BCUT2D eigenvalue weighted by molar-refractivity contribution is -0.384. The molecule has 0 atom stereocenters. The third-order valence-corrected chi connectivity index (χ3v) is 3.54. The maximum atomic E-state index is 10.8. The van der Waals surface area contributed by atoms with Crippen molar-refractivity contribution >= 4 is 22.7 Å². The molecule has 0 spiro atoms. The lowest BCUT2D eigenvalue weighted by Crippen LogP contribution is -1.99. The summed E-state index contributed by atoms with van der Waals surface area (Å²) in [6, 6.07) is 9.18. The summed E-state index contributed by atoms with van der Waals surface area (Å²) < 4.78 is 0. The Morgan fingerprint density at radius 3 is 2.67 bits per heavy atom. The van der Waals surface area contributed by atoms with Crippen LogP contribution in [0.4, 0.5) is 11.4 Å². The number of nitro benzene ring substituents is 1. The first-order valence-corrected chi connectivity index (χ1v) is 6.41. The van der Waals surface area contributed by atoms with Gasteiger partial charge in [0.1, 0.15) is 0 Å². The monoisotopic (exact) mass is 262 g/mol. The van der Waals surface area contributed by atoms with Gasteiger partial charge in [-0.3, -0.25) is 10.1 Å². The van der Waals surface area contributed by atoms with Crippen LogP contribution in [0.1, 0.15) is 15.3 Å². The van der Waals surface area contributed by atoms with Crippen molar-refractivity contribution in [3.8, 4) is 0 Å². The third-order valence-electron chi connectivity index (χ3n) is 2.54. The fraction of sp³-hybridized carbons (Fsp3) is 0.231. The van der Waals surface area contributed by atoms with E-state index < -0.39 is 0 Å². The molecule has 0 saturated heterocycles. The van der Waals surface area contributed by atoms with E-state index >= 15 is 0 Å². The summed E-state index contributed by atoms with van der Waals surface area (Å²) in [5.74, 6) is 0. The summed E-state index contributed by atoms with van der Waals surface area (Å²) >= 11 is 1.73. The van der Waals surface area contributed by atoms with Crippen LogP contribution in [0.25, 0.3) is 0 Å². The Hall–Kier alpha value is -1.88. The highest BCUT2D eigenvalue weighted by atomic mass is 32.1. The number of thiophene rings is 1. The molecule has 1 heterocycles. The predicted molar refractivity (Wildman–Crippen MR) is 74.2 cm³/mol. The van der Waals surface area contributed by atoms with Gasteiger partial charge in [0.2, 0.25) is 0 Å². The minimum atomic E-state index is -0.368. The van der Waals surface area contributed by atoms with Gasteiger partial charge in [-0.15, -0.1) is 11.3 Å². The maximum Gasteiger partial charge on any atom is 0.271 e. The number of non-ortho nitro benzene ring substituents is 1. The zero-order valence-corrected chi connectivity index (χ0v) is 11.1. The highest BCUT2D eigenvalue weighted by molar-refractivity contribution is 7.11. The fourth-order valence-corrected chi connectivity index (χ4v) is 2.57. The van der Waals surface area contributed by atoms with Crippen LogP contribution in [-0.4, -0.2) is 4.92 Å². The Morgan fingerprint density at radius 2 is 2.06 bits per heavy atom. The summed E-state index contributed by atoms with van der Waals surface area (Å²) in [5, 5.41) is 14.0. The lowest BCUT2D eigenvalue weighted by Gasteiger charge is -2.06. The van der Waals surface area contributed by atoms with Gasteiger partial charge in [0.25, 0.3) is 5.69 Å². The van der Waals surface area contributed by atoms with Crippen molar-refractivity contribution in [1.29, 1.82) is 0 Å². The second-order valence-corrected chi connectivity index (χ2v) is 5.55. The van der Waals surface area contributed by atoms with Crippen LogP contribution in [0.2, 0.25) is 0 Å². The second-order valence-electron chi connectivity index (χ2n) is 4.18. The topological polar surface area (TPSA) is 55.2 Å². The van der Waals surface area contributed by atoms with Crippen LogP contribution in [0, 0.1) is 24.0 Å². The Labute approximate surface area is 109 Å². The summed E-state index contributed by atoms with van der Waals surface area (Å²) in [6.07, 6.45) is 0. The Bertz CT molecular complexity index is 578. The molecule has 1 aromatic carbocycles. The molecule has 2 aromatic rings. The molecule has 18 heavy (non-hydrogen) atoms. The minimum absolute atomic E-state index is 0.125. The molecule has 4 nitrogen and oxygen atoms in total. The molecule has 0 amide bonds. The molecular weight excluding hydrogens is 248 g/mol. The van der Waals surface area contributed by atoms with Gasteiger partial charge in [0.05, 0.1) is 4.92 Å². The van der Waals surface area contributed by atoms with Gasteiger partial charge < -0.3 is 5.32 Å². The maximum absolute atomic E-state index is 10.8. The molecule has 0 aliphatic heterocycles. The molecule has 0 fully saturated rings. The number of anilines is 1. The van der Waals surface area contributed by atoms with Gasteiger partial charge in [0, 0.05) is 34.1 Å². The van der Waals surface area contributed by atoms with Crippen molar-refractivity contribution in [2.24, 2.45) is 0 Å². The number of aryl methyl sites for hydroxylation is 2. The van der Waals surface area contributed by atoms with Crippen molar-refractivity contribution in [3.05, 3.63) is 55.8 Å². The van der Waals surface area contributed by atoms with Crippen LogP contribution in [0.5, 0.6) is 0 Å². The number of hydrogen-bond donors (Lipinski definition) is 1. The van der Waals surface area contributed by atoms with Gasteiger partial charge in [-0.05, 0) is 37.6 Å². The van der Waals surface area contributed by atoms with Crippen LogP contribution in [-0.2, 0) is 6.54 Å². The zero-order chi connectivity index (χ0) is 13.1. The molecular formula is C13H14N2O2S. The van der Waals surface area contributed by atoms with Crippen molar-refractivity contribution in [3.63, 3.8) is 0 Å². The van der Waals surface area contributed by atoms with E-state index in [1.807, 2.05) is 13.0 Å². The van der Waals surface area contributed by atoms with Crippen molar-refractivity contribution in [1.82, 2.24) is 0 Å². The molecule has 1 N–H and O–H groups in total. The summed E-state index contributed by atoms with van der Waals surface area (Å²) in [4.78, 5) is 12.9. The van der Waals surface area contributed by atoms with E-state index in [-0.39, 0.29) is 10.6 Å². The number of rotatable bonds is 4. The Kier molecular flexibility index (Phi) is 3.62. The molecule has 94 valence electrons. The molecule has 0 saturated carbocycles. The van der Waals surface area contributed by atoms with E-state index in [1.54, 1.807) is 23.5 Å². The van der Waals surface area contributed by atoms with Crippen molar-refractivity contribution in [2.75, 3.05) is 5.32 Å². The molecule has 0 bridgehead atoms. The fourth-order valence-electron chi connectivity index (χ4n) is 1.74. The average Bonchev–Trinajstić information content (AvgIpc) is 2.72. The first kappa shape index (κ1) is 12.6. The van der Waals surface area contributed by atoms with Gasteiger partial charge in [-0.25, -0.2) is 0 Å². The van der Waals surface area contributed by atoms with Crippen LogP contribution < -0.4 is 5.32 Å². The number of hydrogen-bond acceptors (Lipinski definition) is 4. The summed E-state index contributed by atoms with van der Waals surface area (Å²) in [7, 11) is 0. The molecule has 0 unspecified atom stereocenters. The number of nitro groups is 1. The van der Waals surface area contributed by atoms with Crippen molar-refractivity contribution < 1.29 is 4.92 Å². The molecule has 2 rings (SSSR count). The first-order chi connectivity index (χ1) is 8.54. The van der Waals surface area contributed by atoms with Crippen molar-refractivity contribution in [2.45, 2.75) is 20.4 Å². The third kappa shape index (κ3) is 3.07. The highest BCUT2D eigenvalue weighted by Gasteiger charge is 2.08. The van der Waals surface area contributed by atoms with Crippen LogP contribution in [0.3, 0.4) is 0 Å². The minimum Gasteiger partial charge on any atom is -0.380 e. The van der Waals surface area contributed by atoms with Gasteiger partial charge >= 0.3 is 0 Å². The van der Waals surface area contributed by atoms with Crippen LogP contribution >= 0.6 is 11.3 Å². The highest BCUT2D eigenvalue weighted by Crippen LogP contribution is 2.22. The van der Waals surface area contributed by atoms with E-state index in [0.717, 1.165) is 11.3 Å². The molecule has 0 aliphatic carbocycles. The van der Waals surface area contributed by atoms with E-state index in [9.17, 15) is 10.1 Å². The SMILES string of the molecule is Cc1cc(NCc2ccc(C)s2)cc([N+](=O)[O-])c1. The number of nitrogens with zero attached hydrogens (tertiary/aromatic N) is 1.